The van der Waals surface area contributed by atoms with Gasteiger partial charge in [-0.3, -0.25) is 0 Å². The smallest absolute Gasteiger partial charge is 0.0706 e. The molecule has 0 saturated carbocycles. The number of para-hydroxylation sites is 1. The summed E-state index contributed by atoms with van der Waals surface area (Å²) < 4.78 is 0. The first-order chi connectivity index (χ1) is 11.4. The highest BCUT2D eigenvalue weighted by atomic mass is 14.9. The van der Waals surface area contributed by atoms with E-state index >= 15 is 0 Å². The number of anilines is 3. The van der Waals surface area contributed by atoms with Crippen LogP contribution in [0, 0.1) is 0 Å². The SMILES string of the molecule is CNc1c(Nc2ccccc2)c2ccccc2c2ccccc12. The van der Waals surface area contributed by atoms with Gasteiger partial charge in [-0.05, 0) is 22.9 Å². The molecule has 0 fully saturated rings. The second-order valence-corrected chi connectivity index (χ2v) is 5.58. The maximum atomic E-state index is 3.60. The predicted molar refractivity (Wildman–Crippen MR) is 101 cm³/mol. The van der Waals surface area contributed by atoms with E-state index in [2.05, 4.69) is 71.3 Å². The van der Waals surface area contributed by atoms with Crippen LogP contribution in [-0.2, 0) is 0 Å². The van der Waals surface area contributed by atoms with Crippen LogP contribution in [0.15, 0.2) is 78.9 Å². The van der Waals surface area contributed by atoms with Crippen molar-refractivity contribution < 1.29 is 0 Å². The van der Waals surface area contributed by atoms with Crippen molar-refractivity contribution in [2.24, 2.45) is 0 Å². The molecule has 0 aromatic heterocycles. The fraction of sp³-hybridized carbons (Fsp3) is 0.0476. The lowest BCUT2D eigenvalue weighted by Crippen LogP contribution is -1.99. The first kappa shape index (κ1) is 13.6. The van der Waals surface area contributed by atoms with Gasteiger partial charge in [0.15, 0.2) is 0 Å². The Hall–Kier alpha value is -3.00. The Balaban J connectivity index is 2.07. The predicted octanol–water partition coefficient (Wildman–Crippen LogP) is 5.78. The topological polar surface area (TPSA) is 24.1 Å². The van der Waals surface area contributed by atoms with Crippen LogP contribution >= 0.6 is 0 Å². The van der Waals surface area contributed by atoms with E-state index in [9.17, 15) is 0 Å². The van der Waals surface area contributed by atoms with E-state index in [0.717, 1.165) is 17.1 Å². The quantitative estimate of drug-likeness (QED) is 0.370. The number of nitrogens with one attached hydrogen (secondary N) is 2. The molecule has 0 atom stereocenters. The third-order valence-electron chi connectivity index (χ3n) is 4.23. The normalized spacial score (nSPS) is 10.8. The summed E-state index contributed by atoms with van der Waals surface area (Å²) in [5, 5.41) is 12.0. The summed E-state index contributed by atoms with van der Waals surface area (Å²) in [6, 6.07) is 27.4. The fourth-order valence-electron chi connectivity index (χ4n) is 3.20. The lowest BCUT2D eigenvalue weighted by molar-refractivity contribution is 1.52. The van der Waals surface area contributed by atoms with Crippen molar-refractivity contribution >= 4 is 38.6 Å². The number of hydrogen-bond donors (Lipinski definition) is 2. The van der Waals surface area contributed by atoms with Crippen molar-refractivity contribution in [3.63, 3.8) is 0 Å². The number of hydrogen-bond acceptors (Lipinski definition) is 2. The summed E-state index contributed by atoms with van der Waals surface area (Å²) in [5.74, 6) is 0. The van der Waals surface area contributed by atoms with Gasteiger partial charge in [0.1, 0.15) is 0 Å². The van der Waals surface area contributed by atoms with Gasteiger partial charge in [-0.25, -0.2) is 0 Å². The van der Waals surface area contributed by atoms with Crippen molar-refractivity contribution in [1.82, 2.24) is 0 Å². The molecule has 0 radical (unpaired) electrons. The molecule has 0 amide bonds. The minimum absolute atomic E-state index is 1.09. The summed E-state index contributed by atoms with van der Waals surface area (Å²) in [7, 11) is 1.98. The molecule has 0 aliphatic rings. The molecule has 112 valence electrons. The van der Waals surface area contributed by atoms with Gasteiger partial charge in [-0.15, -0.1) is 0 Å². The molecule has 2 N–H and O–H groups in total. The molecule has 0 saturated heterocycles. The summed E-state index contributed by atoms with van der Waals surface area (Å²) in [5.41, 5.74) is 3.33. The van der Waals surface area contributed by atoms with Gasteiger partial charge >= 0.3 is 0 Å². The van der Waals surface area contributed by atoms with Crippen LogP contribution in [-0.4, -0.2) is 7.05 Å². The van der Waals surface area contributed by atoms with Gasteiger partial charge < -0.3 is 10.6 Å². The molecule has 0 heterocycles. The maximum Gasteiger partial charge on any atom is 0.0706 e. The molecule has 0 unspecified atom stereocenters. The van der Waals surface area contributed by atoms with Crippen molar-refractivity contribution in [2.75, 3.05) is 17.7 Å². The zero-order valence-electron chi connectivity index (χ0n) is 13.0. The number of rotatable bonds is 3. The van der Waals surface area contributed by atoms with Crippen LogP contribution in [0.1, 0.15) is 0 Å². The van der Waals surface area contributed by atoms with Crippen molar-refractivity contribution in [3.05, 3.63) is 78.9 Å². The van der Waals surface area contributed by atoms with E-state index in [4.69, 9.17) is 0 Å². The van der Waals surface area contributed by atoms with Gasteiger partial charge in [0, 0.05) is 23.5 Å². The van der Waals surface area contributed by atoms with Crippen molar-refractivity contribution in [1.29, 1.82) is 0 Å². The summed E-state index contributed by atoms with van der Waals surface area (Å²) >= 11 is 0. The zero-order valence-corrected chi connectivity index (χ0v) is 13.0. The van der Waals surface area contributed by atoms with Gasteiger partial charge in [-0.2, -0.15) is 0 Å². The van der Waals surface area contributed by atoms with Crippen LogP contribution < -0.4 is 10.6 Å². The number of benzene rings is 4. The molecular weight excluding hydrogens is 280 g/mol. The Morgan fingerprint density at radius 1 is 0.522 bits per heavy atom. The highest BCUT2D eigenvalue weighted by molar-refractivity contribution is 6.20. The molecular formula is C21H18N2. The molecule has 0 aliphatic carbocycles. The highest BCUT2D eigenvalue weighted by Gasteiger charge is 2.13. The van der Waals surface area contributed by atoms with Crippen molar-refractivity contribution in [3.8, 4) is 0 Å². The van der Waals surface area contributed by atoms with Crippen LogP contribution in [0.25, 0.3) is 21.5 Å². The standard InChI is InChI=1S/C21H18N2/c1-22-20-18-13-7-5-11-16(18)17-12-6-8-14-19(17)21(20)23-15-9-3-2-4-10-15/h2-14,22-23H,1H3. The molecule has 4 aromatic carbocycles. The van der Waals surface area contributed by atoms with Crippen molar-refractivity contribution in [2.45, 2.75) is 0 Å². The average molecular weight is 298 g/mol. The van der Waals surface area contributed by atoms with Crippen LogP contribution in [0.5, 0.6) is 0 Å². The van der Waals surface area contributed by atoms with E-state index in [0.29, 0.717) is 0 Å². The Kier molecular flexibility index (Phi) is 3.35. The molecule has 2 nitrogen and oxygen atoms in total. The monoisotopic (exact) mass is 298 g/mol. The van der Waals surface area contributed by atoms with E-state index in [1.165, 1.54) is 21.5 Å². The largest absolute Gasteiger partial charge is 0.386 e. The van der Waals surface area contributed by atoms with Gasteiger partial charge in [0.2, 0.25) is 0 Å². The lowest BCUT2D eigenvalue weighted by atomic mass is 9.98. The van der Waals surface area contributed by atoms with Crippen LogP contribution in [0.4, 0.5) is 17.1 Å². The number of fused-ring (bicyclic) bond motifs is 3. The minimum atomic E-state index is 1.09. The molecule has 4 aromatic rings. The Morgan fingerprint density at radius 3 is 1.57 bits per heavy atom. The first-order valence-electron chi connectivity index (χ1n) is 7.82. The molecule has 0 spiro atoms. The third kappa shape index (κ3) is 2.29. The highest BCUT2D eigenvalue weighted by Crippen LogP contribution is 2.41. The summed E-state index contributed by atoms with van der Waals surface area (Å²) in [4.78, 5) is 0. The van der Waals surface area contributed by atoms with E-state index < -0.39 is 0 Å². The Morgan fingerprint density at radius 2 is 1.00 bits per heavy atom. The molecule has 4 rings (SSSR count). The molecule has 0 aliphatic heterocycles. The summed E-state index contributed by atoms with van der Waals surface area (Å²) in [6.45, 7) is 0. The lowest BCUT2D eigenvalue weighted by Gasteiger charge is -2.18. The second kappa shape index (κ2) is 5.65. The minimum Gasteiger partial charge on any atom is -0.386 e. The second-order valence-electron chi connectivity index (χ2n) is 5.58. The van der Waals surface area contributed by atoms with Gasteiger partial charge in [0.25, 0.3) is 0 Å². The molecule has 2 heteroatoms. The van der Waals surface area contributed by atoms with Crippen LogP contribution in [0.3, 0.4) is 0 Å². The van der Waals surface area contributed by atoms with Crippen LogP contribution in [0.2, 0.25) is 0 Å². The Bertz CT molecular complexity index is 975. The fourth-order valence-corrected chi connectivity index (χ4v) is 3.20. The summed E-state index contributed by atoms with van der Waals surface area (Å²) in [6.07, 6.45) is 0. The third-order valence-corrected chi connectivity index (χ3v) is 4.23. The zero-order chi connectivity index (χ0) is 15.6. The maximum absolute atomic E-state index is 3.60. The van der Waals surface area contributed by atoms with E-state index in [1.807, 2.05) is 25.2 Å². The van der Waals surface area contributed by atoms with Gasteiger partial charge in [0.05, 0.1) is 11.4 Å². The first-order valence-corrected chi connectivity index (χ1v) is 7.82. The van der Waals surface area contributed by atoms with E-state index in [1.54, 1.807) is 0 Å². The average Bonchev–Trinajstić information content (AvgIpc) is 2.63. The van der Waals surface area contributed by atoms with E-state index in [-0.39, 0.29) is 0 Å². The Labute approximate surface area is 135 Å². The molecule has 0 bridgehead atoms. The molecule has 23 heavy (non-hydrogen) atoms. The van der Waals surface area contributed by atoms with Gasteiger partial charge in [-0.1, -0.05) is 66.7 Å².